The van der Waals surface area contributed by atoms with Crippen molar-refractivity contribution in [1.29, 1.82) is 0 Å². The van der Waals surface area contributed by atoms with E-state index in [0.717, 1.165) is 0 Å². The Hall–Kier alpha value is -1.05. The monoisotopic (exact) mass is 140 g/mol. The zero-order valence-electron chi connectivity index (χ0n) is 6.12. The van der Waals surface area contributed by atoms with Crippen LogP contribution in [0.2, 0.25) is 0 Å². The zero-order valence-corrected chi connectivity index (χ0v) is 6.12. The van der Waals surface area contributed by atoms with Crippen LogP contribution in [0, 0.1) is 0 Å². The SMILES string of the molecule is C1=CCCC=C1.COC=O. The van der Waals surface area contributed by atoms with Gasteiger partial charge in [0.15, 0.2) is 0 Å². The predicted octanol–water partition coefficient (Wildman–Crippen LogP) is 1.68. The number of hydrogen-bond acceptors (Lipinski definition) is 2. The predicted molar refractivity (Wildman–Crippen MR) is 40.6 cm³/mol. The Labute approximate surface area is 61.2 Å². The topological polar surface area (TPSA) is 26.3 Å². The first-order valence-electron chi connectivity index (χ1n) is 3.20. The van der Waals surface area contributed by atoms with Gasteiger partial charge in [0.05, 0.1) is 7.11 Å². The lowest BCUT2D eigenvalue weighted by atomic mass is 10.2. The molecule has 1 aliphatic carbocycles. The van der Waals surface area contributed by atoms with E-state index in [-0.39, 0.29) is 0 Å². The molecule has 10 heavy (non-hydrogen) atoms. The minimum absolute atomic E-state index is 0.375. The number of ether oxygens (including phenoxy) is 1. The van der Waals surface area contributed by atoms with E-state index in [1.165, 1.54) is 20.0 Å². The first-order valence-corrected chi connectivity index (χ1v) is 3.20. The van der Waals surface area contributed by atoms with Gasteiger partial charge < -0.3 is 4.74 Å². The average Bonchev–Trinajstić information content (AvgIpc) is 2.08. The van der Waals surface area contributed by atoms with Gasteiger partial charge in [-0.2, -0.15) is 0 Å². The lowest BCUT2D eigenvalue weighted by molar-refractivity contribution is -0.126. The highest BCUT2D eigenvalue weighted by molar-refractivity contribution is 5.36. The van der Waals surface area contributed by atoms with Crippen LogP contribution in [0.3, 0.4) is 0 Å². The minimum atomic E-state index is 0.375. The summed E-state index contributed by atoms with van der Waals surface area (Å²) in [5.74, 6) is 0. The second kappa shape index (κ2) is 7.95. The fourth-order valence-electron chi connectivity index (χ4n) is 0.542. The first kappa shape index (κ1) is 8.95. The smallest absolute Gasteiger partial charge is 0.292 e. The molecule has 0 radical (unpaired) electrons. The summed E-state index contributed by atoms with van der Waals surface area (Å²) in [4.78, 5) is 8.95. The van der Waals surface area contributed by atoms with Gasteiger partial charge in [-0.05, 0) is 12.8 Å². The van der Waals surface area contributed by atoms with E-state index in [1.807, 2.05) is 0 Å². The quantitative estimate of drug-likeness (QED) is 0.518. The first-order chi connectivity index (χ1) is 4.91. The average molecular weight is 140 g/mol. The number of carbonyl (C=O) groups excluding carboxylic acids is 1. The molecular formula is C8H12O2. The Morgan fingerprint density at radius 1 is 1.30 bits per heavy atom. The maximum absolute atomic E-state index is 8.95. The molecule has 1 rings (SSSR count). The van der Waals surface area contributed by atoms with Gasteiger partial charge in [0.25, 0.3) is 6.47 Å². The maximum Gasteiger partial charge on any atom is 0.292 e. The minimum Gasteiger partial charge on any atom is -0.471 e. The fourth-order valence-corrected chi connectivity index (χ4v) is 0.542. The molecule has 0 heterocycles. The third-order valence-corrected chi connectivity index (χ3v) is 0.980. The molecule has 0 N–H and O–H groups in total. The summed E-state index contributed by atoms with van der Waals surface area (Å²) in [5.41, 5.74) is 0. The summed E-state index contributed by atoms with van der Waals surface area (Å²) < 4.78 is 3.86. The van der Waals surface area contributed by atoms with Crippen molar-refractivity contribution < 1.29 is 9.53 Å². The molecule has 0 saturated heterocycles. The van der Waals surface area contributed by atoms with Crippen LogP contribution >= 0.6 is 0 Å². The van der Waals surface area contributed by atoms with Crippen molar-refractivity contribution in [1.82, 2.24) is 0 Å². The Bertz CT molecular complexity index is 113. The molecule has 0 bridgehead atoms. The van der Waals surface area contributed by atoms with E-state index in [1.54, 1.807) is 0 Å². The van der Waals surface area contributed by atoms with Crippen LogP contribution < -0.4 is 0 Å². The van der Waals surface area contributed by atoms with Crippen molar-refractivity contribution >= 4 is 6.47 Å². The molecule has 56 valence electrons. The third kappa shape index (κ3) is 6.95. The van der Waals surface area contributed by atoms with E-state index in [4.69, 9.17) is 4.79 Å². The summed E-state index contributed by atoms with van der Waals surface area (Å²) in [5, 5.41) is 0. The van der Waals surface area contributed by atoms with Crippen molar-refractivity contribution in [2.24, 2.45) is 0 Å². The Morgan fingerprint density at radius 3 is 1.80 bits per heavy atom. The van der Waals surface area contributed by atoms with Crippen LogP contribution in [-0.2, 0) is 9.53 Å². The molecule has 2 nitrogen and oxygen atoms in total. The highest BCUT2D eigenvalue weighted by Gasteiger charge is 1.77. The van der Waals surface area contributed by atoms with Crippen molar-refractivity contribution in [3.05, 3.63) is 24.3 Å². The Morgan fingerprint density at radius 2 is 1.70 bits per heavy atom. The van der Waals surface area contributed by atoms with Crippen LogP contribution in [-0.4, -0.2) is 13.6 Å². The second-order valence-corrected chi connectivity index (χ2v) is 1.77. The molecule has 0 saturated carbocycles. The molecule has 1 aliphatic rings. The van der Waals surface area contributed by atoms with Gasteiger partial charge in [0, 0.05) is 0 Å². The van der Waals surface area contributed by atoms with Crippen LogP contribution in [0.25, 0.3) is 0 Å². The number of rotatable bonds is 1. The molecule has 0 amide bonds. The molecule has 0 aliphatic heterocycles. The van der Waals surface area contributed by atoms with Crippen molar-refractivity contribution in [3.63, 3.8) is 0 Å². The Balaban J connectivity index is 0.000000180. The van der Waals surface area contributed by atoms with Crippen LogP contribution in [0.5, 0.6) is 0 Å². The second-order valence-electron chi connectivity index (χ2n) is 1.77. The molecule has 0 unspecified atom stereocenters. The van der Waals surface area contributed by atoms with Crippen molar-refractivity contribution in [2.75, 3.05) is 7.11 Å². The van der Waals surface area contributed by atoms with Gasteiger partial charge in [-0.1, -0.05) is 24.3 Å². The lowest BCUT2D eigenvalue weighted by Crippen LogP contribution is -1.68. The molecule has 0 spiro atoms. The number of hydrogen-bond donors (Lipinski definition) is 0. The molecule has 0 aromatic heterocycles. The Kier molecular flexibility index (Phi) is 7.12. The molecule has 0 atom stereocenters. The summed E-state index contributed by atoms with van der Waals surface area (Å²) >= 11 is 0. The van der Waals surface area contributed by atoms with Gasteiger partial charge in [-0.25, -0.2) is 0 Å². The highest BCUT2D eigenvalue weighted by Crippen LogP contribution is 1.98. The molecule has 0 aromatic rings. The van der Waals surface area contributed by atoms with Gasteiger partial charge in [-0.15, -0.1) is 0 Å². The summed E-state index contributed by atoms with van der Waals surface area (Å²) in [6, 6.07) is 0. The maximum atomic E-state index is 8.95. The van der Waals surface area contributed by atoms with Gasteiger partial charge in [0.2, 0.25) is 0 Å². The van der Waals surface area contributed by atoms with E-state index >= 15 is 0 Å². The fraction of sp³-hybridized carbons (Fsp3) is 0.375. The summed E-state index contributed by atoms with van der Waals surface area (Å²) in [6.45, 7) is 0.375. The highest BCUT2D eigenvalue weighted by atomic mass is 16.5. The lowest BCUT2D eigenvalue weighted by Gasteiger charge is -1.88. The van der Waals surface area contributed by atoms with Crippen molar-refractivity contribution in [3.8, 4) is 0 Å². The van der Waals surface area contributed by atoms with Crippen LogP contribution in [0.1, 0.15) is 12.8 Å². The normalized spacial score (nSPS) is 13.3. The summed E-state index contributed by atoms with van der Waals surface area (Å²) in [7, 11) is 1.31. The largest absolute Gasteiger partial charge is 0.471 e. The zero-order chi connectivity index (χ0) is 7.66. The molecule has 0 fully saturated rings. The number of carbonyl (C=O) groups is 1. The van der Waals surface area contributed by atoms with Crippen molar-refractivity contribution in [2.45, 2.75) is 12.8 Å². The van der Waals surface area contributed by atoms with E-state index < -0.39 is 0 Å². The van der Waals surface area contributed by atoms with Gasteiger partial charge in [0.1, 0.15) is 0 Å². The van der Waals surface area contributed by atoms with Gasteiger partial charge >= 0.3 is 0 Å². The van der Waals surface area contributed by atoms with Crippen LogP contribution in [0.15, 0.2) is 24.3 Å². The van der Waals surface area contributed by atoms with E-state index in [0.29, 0.717) is 6.47 Å². The van der Waals surface area contributed by atoms with E-state index in [9.17, 15) is 0 Å². The van der Waals surface area contributed by atoms with Gasteiger partial charge in [-0.3, -0.25) is 4.79 Å². The van der Waals surface area contributed by atoms with Crippen LogP contribution in [0.4, 0.5) is 0 Å². The summed E-state index contributed by atoms with van der Waals surface area (Å²) in [6.07, 6.45) is 11.0. The molecular weight excluding hydrogens is 128 g/mol. The van der Waals surface area contributed by atoms with E-state index in [2.05, 4.69) is 29.0 Å². The number of methoxy groups -OCH3 is 1. The number of allylic oxidation sites excluding steroid dienone is 4. The molecule has 0 aromatic carbocycles. The standard InChI is InChI=1S/C6H8.C2H4O2/c1-2-4-6-5-3-1;1-4-2-3/h1-4H,5-6H2;2H,1H3. The molecule has 2 heteroatoms. The third-order valence-electron chi connectivity index (χ3n) is 0.980.